The highest BCUT2D eigenvalue weighted by molar-refractivity contribution is 7.89. The first-order chi connectivity index (χ1) is 17.3. The number of ether oxygens (including phenoxy) is 1. The molecule has 3 aliphatic rings. The number of fused-ring (bicyclic) bond motifs is 5. The Hall–Kier alpha value is -3.27. The van der Waals surface area contributed by atoms with E-state index in [0.29, 0.717) is 18.9 Å². The number of sulfonamides is 1. The molecule has 12 heteroatoms. The number of anilines is 1. The molecule has 37 heavy (non-hydrogen) atoms. The summed E-state index contributed by atoms with van der Waals surface area (Å²) >= 11 is 0. The Balaban J connectivity index is 1.43. The van der Waals surface area contributed by atoms with Crippen molar-refractivity contribution in [2.24, 2.45) is 11.8 Å². The van der Waals surface area contributed by atoms with Crippen molar-refractivity contribution in [1.82, 2.24) is 4.72 Å². The fourth-order valence-corrected chi connectivity index (χ4v) is 6.99. The Bertz CT molecular complexity index is 1440. The molecule has 2 aromatic rings. The highest BCUT2D eigenvalue weighted by atomic mass is 32.2. The van der Waals surface area contributed by atoms with Gasteiger partial charge in [0, 0.05) is 12.2 Å². The number of hydrogen-bond donors (Lipinski definition) is 1. The minimum Gasteiger partial charge on any atom is -0.367 e. The molecular formula is C25H22F3N3O5S. The minimum absolute atomic E-state index is 0.0596. The predicted octanol–water partition coefficient (Wildman–Crippen LogP) is 4.05. The van der Waals surface area contributed by atoms with Gasteiger partial charge in [0.2, 0.25) is 21.8 Å². The van der Waals surface area contributed by atoms with Crippen LogP contribution >= 0.6 is 0 Å². The molecule has 0 radical (unpaired) electrons. The number of benzene rings is 2. The van der Waals surface area contributed by atoms with E-state index in [4.69, 9.17) is 11.3 Å². The van der Waals surface area contributed by atoms with E-state index in [-0.39, 0.29) is 23.5 Å². The summed E-state index contributed by atoms with van der Waals surface area (Å²) in [5.41, 5.74) is -4.26. The van der Waals surface area contributed by atoms with Crippen molar-refractivity contribution in [2.75, 3.05) is 11.4 Å². The number of amides is 2. The van der Waals surface area contributed by atoms with Crippen molar-refractivity contribution in [3.8, 4) is 0 Å². The van der Waals surface area contributed by atoms with E-state index in [0.717, 1.165) is 17.0 Å². The van der Waals surface area contributed by atoms with E-state index < -0.39 is 62.3 Å². The summed E-state index contributed by atoms with van der Waals surface area (Å²) in [5.74, 6) is -3.22. The number of alkyl halides is 3. The SMILES string of the molecule is [C-]#[N+]c1ccc(N2C(=O)[C@@H]3[C@H](C2=O)C2(C)CCC3(CCNS(=O)(=O)c3ccccc3)O2)cc1C(F)(F)F. The largest absolute Gasteiger partial charge is 0.407 e. The first-order valence-corrected chi connectivity index (χ1v) is 13.0. The third-order valence-electron chi connectivity index (χ3n) is 7.57. The van der Waals surface area contributed by atoms with Gasteiger partial charge in [-0.25, -0.2) is 22.9 Å². The monoisotopic (exact) mass is 533 g/mol. The lowest BCUT2D eigenvalue weighted by Gasteiger charge is -2.31. The summed E-state index contributed by atoms with van der Waals surface area (Å²) in [4.78, 5) is 30.8. The van der Waals surface area contributed by atoms with Crippen LogP contribution in [0.5, 0.6) is 0 Å². The van der Waals surface area contributed by atoms with Gasteiger partial charge in [0.1, 0.15) is 0 Å². The Morgan fingerprint density at radius 2 is 1.78 bits per heavy atom. The topological polar surface area (TPSA) is 97.1 Å². The van der Waals surface area contributed by atoms with Crippen molar-refractivity contribution < 1.29 is 35.9 Å². The van der Waals surface area contributed by atoms with E-state index in [2.05, 4.69) is 9.57 Å². The zero-order chi connectivity index (χ0) is 26.8. The van der Waals surface area contributed by atoms with E-state index in [9.17, 15) is 31.2 Å². The van der Waals surface area contributed by atoms with Crippen molar-refractivity contribution in [1.29, 1.82) is 0 Å². The van der Waals surface area contributed by atoms with E-state index in [1.165, 1.54) is 12.1 Å². The number of hydrogen-bond acceptors (Lipinski definition) is 5. The lowest BCUT2D eigenvalue weighted by atomic mass is 9.67. The standard InChI is InChI=1S/C25H22F3N3O5S/c1-23-10-11-24(36-23,12-13-30-37(34,35)16-6-4-3-5-7-16)20-19(23)21(32)31(22(20)33)15-8-9-18(29-2)17(14-15)25(26,27)28/h3-9,14,19-20,30H,10-13H2,1H3/t19-,20+,23?,24?/m1/s1. The van der Waals surface area contributed by atoms with Gasteiger partial charge in [-0.1, -0.05) is 24.3 Å². The van der Waals surface area contributed by atoms with E-state index in [1.54, 1.807) is 25.1 Å². The third kappa shape index (κ3) is 3.93. The van der Waals surface area contributed by atoms with Crippen molar-refractivity contribution >= 4 is 33.2 Å². The van der Waals surface area contributed by atoms with Crippen LogP contribution in [0.3, 0.4) is 0 Å². The van der Waals surface area contributed by atoms with Crippen LogP contribution in [-0.4, -0.2) is 38.0 Å². The molecule has 0 saturated carbocycles. The fraction of sp³-hybridized carbons (Fsp3) is 0.400. The number of halogens is 3. The molecule has 194 valence electrons. The first-order valence-electron chi connectivity index (χ1n) is 11.5. The smallest absolute Gasteiger partial charge is 0.367 e. The van der Waals surface area contributed by atoms with E-state index in [1.807, 2.05) is 0 Å². The Labute approximate surface area is 211 Å². The van der Waals surface area contributed by atoms with Crippen LogP contribution in [0, 0.1) is 18.4 Å². The van der Waals surface area contributed by atoms with Gasteiger partial charge in [-0.2, -0.15) is 13.2 Å². The lowest BCUT2D eigenvalue weighted by Crippen LogP contribution is -2.44. The highest BCUT2D eigenvalue weighted by Crippen LogP contribution is 2.62. The average Bonchev–Trinajstić information content (AvgIpc) is 3.43. The Morgan fingerprint density at radius 3 is 2.43 bits per heavy atom. The second-order valence-electron chi connectivity index (χ2n) is 9.72. The normalized spacial score (nSPS) is 29.0. The van der Waals surface area contributed by atoms with Crippen LogP contribution < -0.4 is 9.62 Å². The third-order valence-corrected chi connectivity index (χ3v) is 9.05. The molecule has 2 aromatic carbocycles. The molecule has 2 unspecified atom stereocenters. The van der Waals surface area contributed by atoms with Crippen LogP contribution in [0.2, 0.25) is 0 Å². The molecule has 8 nitrogen and oxygen atoms in total. The van der Waals surface area contributed by atoms with Crippen molar-refractivity contribution in [3.63, 3.8) is 0 Å². The van der Waals surface area contributed by atoms with Crippen molar-refractivity contribution in [3.05, 3.63) is 65.5 Å². The summed E-state index contributed by atoms with van der Waals surface area (Å²) in [5, 5.41) is 0. The minimum atomic E-state index is -4.84. The van der Waals surface area contributed by atoms with Crippen LogP contribution in [-0.2, 0) is 30.5 Å². The van der Waals surface area contributed by atoms with Gasteiger partial charge in [-0.15, -0.1) is 0 Å². The summed E-state index contributed by atoms with van der Waals surface area (Å²) in [6.07, 6.45) is -3.90. The molecule has 5 rings (SSSR count). The number of rotatable bonds is 6. The molecule has 3 saturated heterocycles. The molecule has 3 aliphatic heterocycles. The number of carbonyl (C=O) groups is 2. The maximum atomic E-state index is 13.6. The number of carbonyl (C=O) groups excluding carboxylic acids is 2. The molecule has 1 N–H and O–H groups in total. The zero-order valence-corrected chi connectivity index (χ0v) is 20.4. The Kier molecular flexibility index (Phi) is 5.74. The molecular weight excluding hydrogens is 511 g/mol. The number of nitrogens with one attached hydrogen (secondary N) is 1. The first kappa shape index (κ1) is 25.4. The van der Waals surface area contributed by atoms with Gasteiger partial charge in [0.05, 0.1) is 40.1 Å². The van der Waals surface area contributed by atoms with Gasteiger partial charge in [-0.3, -0.25) is 9.59 Å². The molecule has 0 aliphatic carbocycles. The number of imide groups is 1. The summed E-state index contributed by atoms with van der Waals surface area (Å²) in [6, 6.07) is 10.5. The summed E-state index contributed by atoms with van der Waals surface area (Å²) < 4.78 is 74.6. The Morgan fingerprint density at radius 1 is 1.11 bits per heavy atom. The van der Waals surface area contributed by atoms with Gasteiger partial charge < -0.3 is 4.74 Å². The average molecular weight is 534 g/mol. The molecule has 0 aromatic heterocycles. The van der Waals surface area contributed by atoms with Gasteiger partial charge in [-0.05, 0) is 50.5 Å². The second-order valence-corrected chi connectivity index (χ2v) is 11.5. The fourth-order valence-electron chi connectivity index (χ4n) is 5.93. The molecule has 2 bridgehead atoms. The highest BCUT2D eigenvalue weighted by Gasteiger charge is 2.73. The molecule has 2 amide bonds. The molecule has 4 atom stereocenters. The summed E-state index contributed by atoms with van der Waals surface area (Å²) in [7, 11) is -3.81. The van der Waals surface area contributed by atoms with Crippen LogP contribution in [0.1, 0.15) is 31.7 Å². The second kappa shape index (κ2) is 8.37. The van der Waals surface area contributed by atoms with Crippen LogP contribution in [0.4, 0.5) is 24.5 Å². The van der Waals surface area contributed by atoms with Gasteiger partial charge in [0.25, 0.3) is 0 Å². The summed E-state index contributed by atoms with van der Waals surface area (Å²) in [6.45, 7) is 8.65. The molecule has 3 fully saturated rings. The van der Waals surface area contributed by atoms with Gasteiger partial charge in [0.15, 0.2) is 5.69 Å². The zero-order valence-electron chi connectivity index (χ0n) is 19.6. The lowest BCUT2D eigenvalue weighted by molar-refractivity contribution is -0.137. The van der Waals surface area contributed by atoms with Gasteiger partial charge >= 0.3 is 6.18 Å². The molecule has 0 spiro atoms. The maximum absolute atomic E-state index is 13.6. The number of nitrogens with zero attached hydrogens (tertiary/aromatic N) is 2. The quantitative estimate of drug-likeness (QED) is 0.447. The van der Waals surface area contributed by atoms with Crippen LogP contribution in [0.25, 0.3) is 4.85 Å². The van der Waals surface area contributed by atoms with E-state index >= 15 is 0 Å². The maximum Gasteiger partial charge on any atom is 0.407 e. The van der Waals surface area contributed by atoms with Crippen molar-refractivity contribution in [2.45, 2.75) is 48.5 Å². The van der Waals surface area contributed by atoms with Crippen LogP contribution in [0.15, 0.2) is 53.4 Å². The predicted molar refractivity (Wildman–Crippen MR) is 125 cm³/mol. The molecule has 3 heterocycles.